The predicted octanol–water partition coefficient (Wildman–Crippen LogP) is 3.95. The molecule has 24 heavy (non-hydrogen) atoms. The molecule has 0 saturated carbocycles. The van der Waals surface area contributed by atoms with Gasteiger partial charge in [-0.3, -0.25) is 14.9 Å². The van der Waals surface area contributed by atoms with Gasteiger partial charge in [-0.1, -0.05) is 36.4 Å². The summed E-state index contributed by atoms with van der Waals surface area (Å²) < 4.78 is 0. The van der Waals surface area contributed by atoms with E-state index in [-0.39, 0.29) is 11.6 Å². The Hall–Kier alpha value is -3.21. The molecule has 0 N–H and O–H groups in total. The molecule has 1 heterocycles. The van der Waals surface area contributed by atoms with Crippen LogP contribution in [0, 0.1) is 10.1 Å². The first kappa shape index (κ1) is 14.4. The highest BCUT2D eigenvalue weighted by atomic mass is 16.6. The van der Waals surface area contributed by atoms with Crippen LogP contribution in [0.4, 0.5) is 11.4 Å². The summed E-state index contributed by atoms with van der Waals surface area (Å²) in [6.45, 7) is 0.546. The third-order valence-corrected chi connectivity index (χ3v) is 4.42. The molecule has 0 radical (unpaired) electrons. The van der Waals surface area contributed by atoms with Gasteiger partial charge in [0.1, 0.15) is 0 Å². The molecule has 3 aromatic carbocycles. The molecule has 5 heteroatoms. The van der Waals surface area contributed by atoms with Crippen molar-refractivity contribution in [2.75, 3.05) is 11.4 Å². The molecule has 3 aromatic rings. The Balaban J connectivity index is 1.59. The summed E-state index contributed by atoms with van der Waals surface area (Å²) in [6.07, 6.45) is 0.647. The molecule has 1 aliphatic rings. The van der Waals surface area contributed by atoms with E-state index in [0.29, 0.717) is 13.0 Å². The number of non-ortho nitro benzene ring substituents is 1. The van der Waals surface area contributed by atoms with Crippen LogP contribution in [-0.4, -0.2) is 17.4 Å². The molecule has 0 atom stereocenters. The number of nitro groups is 1. The SMILES string of the molecule is O=C1c2cccc3cccc(c23)N1CCc1ccc([N+](=O)[O-])cc1. The van der Waals surface area contributed by atoms with Gasteiger partial charge in [0.25, 0.3) is 11.6 Å². The molecule has 0 spiro atoms. The number of amides is 1. The number of carbonyl (C=O) groups is 1. The fourth-order valence-corrected chi connectivity index (χ4v) is 3.23. The third kappa shape index (κ3) is 2.22. The zero-order valence-corrected chi connectivity index (χ0v) is 12.8. The second-order valence-corrected chi connectivity index (χ2v) is 5.81. The molecular weight excluding hydrogens is 304 g/mol. The van der Waals surface area contributed by atoms with Gasteiger partial charge in [0.2, 0.25) is 0 Å². The largest absolute Gasteiger partial charge is 0.307 e. The molecule has 1 aliphatic heterocycles. The Kier molecular flexibility index (Phi) is 3.27. The maximum absolute atomic E-state index is 12.7. The molecule has 0 bridgehead atoms. The molecular formula is C19H14N2O3. The van der Waals surface area contributed by atoms with Crippen molar-refractivity contribution in [3.63, 3.8) is 0 Å². The summed E-state index contributed by atoms with van der Waals surface area (Å²) in [5.41, 5.74) is 2.73. The molecule has 0 aromatic heterocycles. The van der Waals surface area contributed by atoms with E-state index in [2.05, 4.69) is 0 Å². The van der Waals surface area contributed by atoms with Crippen LogP contribution in [0.1, 0.15) is 15.9 Å². The molecule has 0 fully saturated rings. The maximum atomic E-state index is 12.7. The van der Waals surface area contributed by atoms with Gasteiger partial charge in [-0.2, -0.15) is 0 Å². The Morgan fingerprint density at radius 3 is 2.38 bits per heavy atom. The molecule has 5 nitrogen and oxygen atoms in total. The van der Waals surface area contributed by atoms with Crippen LogP contribution in [0.2, 0.25) is 0 Å². The van der Waals surface area contributed by atoms with Crippen molar-refractivity contribution in [2.24, 2.45) is 0 Å². The number of nitrogens with zero attached hydrogens (tertiary/aromatic N) is 2. The van der Waals surface area contributed by atoms with Gasteiger partial charge < -0.3 is 4.90 Å². The first-order valence-electron chi connectivity index (χ1n) is 7.72. The van der Waals surface area contributed by atoms with Gasteiger partial charge in [0.05, 0.1) is 10.6 Å². The summed E-state index contributed by atoms with van der Waals surface area (Å²) in [5.74, 6) is 0.0173. The van der Waals surface area contributed by atoms with Crippen molar-refractivity contribution in [2.45, 2.75) is 6.42 Å². The summed E-state index contributed by atoms with van der Waals surface area (Å²) in [6, 6.07) is 18.2. The normalized spacial score (nSPS) is 12.8. The van der Waals surface area contributed by atoms with Crippen LogP contribution in [-0.2, 0) is 6.42 Å². The lowest BCUT2D eigenvalue weighted by Crippen LogP contribution is -2.28. The van der Waals surface area contributed by atoms with Crippen molar-refractivity contribution < 1.29 is 9.72 Å². The van der Waals surface area contributed by atoms with Gasteiger partial charge in [0, 0.05) is 29.6 Å². The number of nitro benzene ring substituents is 1. The van der Waals surface area contributed by atoms with Crippen LogP contribution in [0.15, 0.2) is 60.7 Å². The van der Waals surface area contributed by atoms with Gasteiger partial charge >= 0.3 is 0 Å². The lowest BCUT2D eigenvalue weighted by molar-refractivity contribution is -0.384. The Bertz CT molecular complexity index is 959. The van der Waals surface area contributed by atoms with E-state index in [1.165, 1.54) is 12.1 Å². The van der Waals surface area contributed by atoms with Crippen LogP contribution in [0.5, 0.6) is 0 Å². The van der Waals surface area contributed by atoms with E-state index in [1.54, 1.807) is 17.0 Å². The number of anilines is 1. The first-order chi connectivity index (χ1) is 11.6. The molecule has 0 aliphatic carbocycles. The van der Waals surface area contributed by atoms with Crippen molar-refractivity contribution in [1.29, 1.82) is 0 Å². The fourth-order valence-electron chi connectivity index (χ4n) is 3.23. The summed E-state index contributed by atoms with van der Waals surface area (Å²) in [7, 11) is 0. The highest BCUT2D eigenvalue weighted by Crippen LogP contribution is 2.37. The van der Waals surface area contributed by atoms with Crippen LogP contribution < -0.4 is 4.90 Å². The smallest absolute Gasteiger partial charge is 0.269 e. The standard InChI is InChI=1S/C19H14N2O3/c22-19-16-5-1-3-14-4-2-6-17(18(14)16)20(19)12-11-13-7-9-15(10-8-13)21(23)24/h1-10H,11-12H2. The van der Waals surface area contributed by atoms with E-state index in [0.717, 1.165) is 27.6 Å². The van der Waals surface area contributed by atoms with E-state index in [4.69, 9.17) is 0 Å². The predicted molar refractivity (Wildman–Crippen MR) is 92.4 cm³/mol. The monoisotopic (exact) mass is 318 g/mol. The second kappa shape index (κ2) is 5.45. The van der Waals surface area contributed by atoms with Crippen molar-refractivity contribution in [1.82, 2.24) is 0 Å². The lowest BCUT2D eigenvalue weighted by Gasteiger charge is -2.17. The highest BCUT2D eigenvalue weighted by molar-refractivity contribution is 6.25. The first-order valence-corrected chi connectivity index (χ1v) is 7.72. The molecule has 118 valence electrons. The zero-order chi connectivity index (χ0) is 16.7. The maximum Gasteiger partial charge on any atom is 0.269 e. The van der Waals surface area contributed by atoms with Gasteiger partial charge in [-0.25, -0.2) is 0 Å². The van der Waals surface area contributed by atoms with E-state index >= 15 is 0 Å². The van der Waals surface area contributed by atoms with Gasteiger partial charge in [-0.15, -0.1) is 0 Å². The highest BCUT2D eigenvalue weighted by Gasteiger charge is 2.28. The van der Waals surface area contributed by atoms with Crippen LogP contribution in [0.3, 0.4) is 0 Å². The quantitative estimate of drug-likeness (QED) is 0.540. The minimum Gasteiger partial charge on any atom is -0.307 e. The van der Waals surface area contributed by atoms with E-state index < -0.39 is 4.92 Å². The number of hydrogen-bond acceptors (Lipinski definition) is 3. The van der Waals surface area contributed by atoms with Crippen LogP contribution >= 0.6 is 0 Å². The number of benzene rings is 3. The molecule has 0 unspecified atom stereocenters. The molecule has 0 saturated heterocycles. The number of carbonyl (C=O) groups excluding carboxylic acids is 1. The van der Waals surface area contributed by atoms with Crippen molar-refractivity contribution in [3.8, 4) is 0 Å². The summed E-state index contributed by atoms with van der Waals surface area (Å²) in [5, 5.41) is 12.8. The van der Waals surface area contributed by atoms with E-state index in [1.807, 2.05) is 36.4 Å². The van der Waals surface area contributed by atoms with Crippen molar-refractivity contribution >= 4 is 28.1 Å². The fraction of sp³-hybridized carbons (Fsp3) is 0.105. The van der Waals surface area contributed by atoms with Gasteiger partial charge in [-0.05, 0) is 29.5 Å². The second-order valence-electron chi connectivity index (χ2n) is 5.81. The zero-order valence-electron chi connectivity index (χ0n) is 12.8. The van der Waals surface area contributed by atoms with Gasteiger partial charge in [0.15, 0.2) is 0 Å². The Labute approximate surface area is 138 Å². The Morgan fingerprint density at radius 1 is 0.958 bits per heavy atom. The topological polar surface area (TPSA) is 63.5 Å². The average molecular weight is 318 g/mol. The van der Waals surface area contributed by atoms with Crippen LogP contribution in [0.25, 0.3) is 10.8 Å². The lowest BCUT2D eigenvalue weighted by atomic mass is 10.1. The third-order valence-electron chi connectivity index (χ3n) is 4.42. The summed E-state index contributed by atoms with van der Waals surface area (Å²) in [4.78, 5) is 24.8. The average Bonchev–Trinajstić information content (AvgIpc) is 2.88. The molecule has 4 rings (SSSR count). The number of hydrogen-bond donors (Lipinski definition) is 0. The minimum absolute atomic E-state index is 0.0173. The Morgan fingerprint density at radius 2 is 1.67 bits per heavy atom. The van der Waals surface area contributed by atoms with E-state index in [9.17, 15) is 14.9 Å². The molecule has 1 amide bonds. The number of rotatable bonds is 4. The minimum atomic E-state index is -0.412. The summed E-state index contributed by atoms with van der Waals surface area (Å²) >= 11 is 0. The van der Waals surface area contributed by atoms with Crippen molar-refractivity contribution in [3.05, 3.63) is 81.9 Å².